The molecular formula is C30H56O3. The van der Waals surface area contributed by atoms with E-state index in [0.717, 1.165) is 19.3 Å². The Bertz CT molecular complexity index is 455. The zero-order valence-electron chi connectivity index (χ0n) is 22.0. The van der Waals surface area contributed by atoms with E-state index in [9.17, 15) is 4.79 Å². The molecule has 0 aliphatic rings. The molecule has 1 unspecified atom stereocenters. The maximum absolute atomic E-state index is 10.8. The first kappa shape index (κ1) is 31.9. The summed E-state index contributed by atoms with van der Waals surface area (Å²) >= 11 is 0. The number of hydrogen-bond acceptors (Lipinski definition) is 2. The predicted molar refractivity (Wildman–Crippen MR) is 144 cm³/mol. The summed E-state index contributed by atoms with van der Waals surface area (Å²) in [5, 5.41) is 17.7. The molecule has 0 rings (SSSR count). The van der Waals surface area contributed by atoms with Gasteiger partial charge in [0, 0.05) is 13.0 Å². The van der Waals surface area contributed by atoms with Crippen LogP contribution in [0.4, 0.5) is 0 Å². The van der Waals surface area contributed by atoms with Crippen LogP contribution >= 0.6 is 0 Å². The number of aliphatic hydroxyl groups excluding tert-OH is 1. The highest BCUT2D eigenvalue weighted by Crippen LogP contribution is 2.22. The molecule has 0 aromatic rings. The van der Waals surface area contributed by atoms with E-state index < -0.39 is 5.97 Å². The Morgan fingerprint density at radius 3 is 1.64 bits per heavy atom. The normalized spacial score (nSPS) is 12.8. The number of aliphatic carboxylic acids is 1. The summed E-state index contributed by atoms with van der Waals surface area (Å²) in [6.07, 6.45) is 35.5. The molecular weight excluding hydrogens is 408 g/mol. The van der Waals surface area contributed by atoms with Crippen LogP contribution in [0.2, 0.25) is 0 Å². The van der Waals surface area contributed by atoms with Crippen LogP contribution in [0.25, 0.3) is 0 Å². The van der Waals surface area contributed by atoms with Gasteiger partial charge in [-0.15, -0.1) is 0 Å². The van der Waals surface area contributed by atoms with Gasteiger partial charge in [0.25, 0.3) is 0 Å². The number of carbonyl (C=O) groups is 1. The maximum atomic E-state index is 10.8. The van der Waals surface area contributed by atoms with Gasteiger partial charge in [0.2, 0.25) is 0 Å². The third-order valence-corrected chi connectivity index (χ3v) is 6.60. The lowest BCUT2D eigenvalue weighted by Crippen LogP contribution is -2.05. The molecule has 0 spiro atoms. The first-order valence-electron chi connectivity index (χ1n) is 14.3. The predicted octanol–water partition coefficient (Wildman–Crippen LogP) is 9.39. The summed E-state index contributed by atoms with van der Waals surface area (Å²) in [5.41, 5.74) is 0. The second-order valence-electron chi connectivity index (χ2n) is 9.81. The Balaban J connectivity index is 3.43. The average Bonchev–Trinajstić information content (AvgIpc) is 2.81. The summed E-state index contributed by atoms with van der Waals surface area (Å²) in [5.74, 6) is -0.0255. The lowest BCUT2D eigenvalue weighted by Gasteiger charge is -2.15. The summed E-state index contributed by atoms with van der Waals surface area (Å²) in [6.45, 7) is 2.56. The molecule has 33 heavy (non-hydrogen) atoms. The highest BCUT2D eigenvalue weighted by Gasteiger charge is 2.10. The quantitative estimate of drug-likeness (QED) is 0.0989. The topological polar surface area (TPSA) is 57.5 Å². The van der Waals surface area contributed by atoms with Crippen molar-refractivity contribution in [2.24, 2.45) is 5.92 Å². The molecule has 1 atom stereocenters. The molecule has 0 fully saturated rings. The zero-order valence-corrected chi connectivity index (χ0v) is 22.0. The fourth-order valence-corrected chi connectivity index (χ4v) is 4.42. The van der Waals surface area contributed by atoms with Gasteiger partial charge >= 0.3 is 5.97 Å². The van der Waals surface area contributed by atoms with Gasteiger partial charge < -0.3 is 10.2 Å². The van der Waals surface area contributed by atoms with Crippen molar-refractivity contribution in [3.63, 3.8) is 0 Å². The molecule has 0 saturated carbocycles. The Morgan fingerprint density at radius 1 is 0.636 bits per heavy atom. The third-order valence-electron chi connectivity index (χ3n) is 6.60. The second kappa shape index (κ2) is 27.2. The van der Waals surface area contributed by atoms with Crippen molar-refractivity contribution >= 4 is 5.97 Å². The van der Waals surface area contributed by atoms with Crippen molar-refractivity contribution in [3.05, 3.63) is 24.3 Å². The first-order chi connectivity index (χ1) is 16.2. The largest absolute Gasteiger partial charge is 0.481 e. The summed E-state index contributed by atoms with van der Waals surface area (Å²) < 4.78 is 0. The van der Waals surface area contributed by atoms with Crippen LogP contribution in [0.1, 0.15) is 148 Å². The van der Waals surface area contributed by atoms with Crippen molar-refractivity contribution in [1.29, 1.82) is 0 Å². The van der Waals surface area contributed by atoms with E-state index in [4.69, 9.17) is 10.2 Å². The highest BCUT2D eigenvalue weighted by molar-refractivity contribution is 5.66. The monoisotopic (exact) mass is 464 g/mol. The lowest BCUT2D eigenvalue weighted by molar-refractivity contribution is -0.137. The number of rotatable bonds is 26. The fraction of sp³-hybridized carbons (Fsp3) is 0.833. The smallest absolute Gasteiger partial charge is 0.303 e. The summed E-state index contributed by atoms with van der Waals surface area (Å²) in [4.78, 5) is 10.8. The first-order valence-corrected chi connectivity index (χ1v) is 14.3. The van der Waals surface area contributed by atoms with Gasteiger partial charge in [-0.25, -0.2) is 0 Å². The molecule has 0 aromatic heterocycles. The standard InChI is InChI=1S/C30H56O3/c1-2-3-24-29(26-27-30(32)33)25-22-20-18-16-14-12-10-8-6-4-5-7-9-11-13-15-17-19-21-23-28-31/h5-8,29,31H,2-4,9-28H2,1H3,(H,32,33)/b7-5+,8-6+. The third kappa shape index (κ3) is 27.0. The van der Waals surface area contributed by atoms with Crippen LogP contribution in [0.3, 0.4) is 0 Å². The minimum atomic E-state index is -0.644. The number of hydrogen-bond donors (Lipinski definition) is 2. The van der Waals surface area contributed by atoms with Crippen molar-refractivity contribution in [2.45, 2.75) is 148 Å². The second-order valence-corrected chi connectivity index (χ2v) is 9.81. The molecule has 0 radical (unpaired) electrons. The van der Waals surface area contributed by atoms with Gasteiger partial charge in [-0.2, -0.15) is 0 Å². The van der Waals surface area contributed by atoms with E-state index in [1.807, 2.05) is 0 Å². The highest BCUT2D eigenvalue weighted by atomic mass is 16.4. The molecule has 0 heterocycles. The Morgan fingerprint density at radius 2 is 1.12 bits per heavy atom. The molecule has 3 heteroatoms. The average molecular weight is 465 g/mol. The van der Waals surface area contributed by atoms with E-state index in [1.165, 1.54) is 116 Å². The Hall–Kier alpha value is -1.09. The maximum Gasteiger partial charge on any atom is 0.303 e. The SMILES string of the molecule is CCCCC(CCCCCCCC/C=C/C/C=C/CCCCCCCCCO)CCC(=O)O. The van der Waals surface area contributed by atoms with E-state index in [0.29, 0.717) is 18.9 Å². The zero-order chi connectivity index (χ0) is 24.2. The van der Waals surface area contributed by atoms with Crippen LogP contribution < -0.4 is 0 Å². The Kier molecular flexibility index (Phi) is 26.3. The molecule has 0 aromatic carbocycles. The fourth-order valence-electron chi connectivity index (χ4n) is 4.42. The minimum absolute atomic E-state index is 0.338. The van der Waals surface area contributed by atoms with Crippen molar-refractivity contribution in [3.8, 4) is 0 Å². The van der Waals surface area contributed by atoms with E-state index in [1.54, 1.807) is 0 Å². The summed E-state index contributed by atoms with van der Waals surface area (Å²) in [7, 11) is 0. The Labute approximate surface area is 206 Å². The van der Waals surface area contributed by atoms with Crippen LogP contribution in [0.15, 0.2) is 24.3 Å². The number of unbranched alkanes of at least 4 members (excludes halogenated alkanes) is 14. The molecule has 0 aliphatic carbocycles. The van der Waals surface area contributed by atoms with Gasteiger partial charge in [-0.3, -0.25) is 4.79 Å². The summed E-state index contributed by atoms with van der Waals surface area (Å²) in [6, 6.07) is 0. The molecule has 0 saturated heterocycles. The van der Waals surface area contributed by atoms with Gasteiger partial charge in [0.15, 0.2) is 0 Å². The number of carboxylic acid groups (broad SMARTS) is 1. The molecule has 2 N–H and O–H groups in total. The molecule has 3 nitrogen and oxygen atoms in total. The van der Waals surface area contributed by atoms with E-state index in [2.05, 4.69) is 31.2 Å². The van der Waals surface area contributed by atoms with Crippen molar-refractivity contribution in [2.75, 3.05) is 6.61 Å². The van der Waals surface area contributed by atoms with E-state index in [-0.39, 0.29) is 0 Å². The van der Waals surface area contributed by atoms with Crippen molar-refractivity contribution in [1.82, 2.24) is 0 Å². The number of carboxylic acids is 1. The van der Waals surface area contributed by atoms with Crippen LogP contribution in [0.5, 0.6) is 0 Å². The lowest BCUT2D eigenvalue weighted by atomic mass is 9.91. The molecule has 0 amide bonds. The molecule has 0 aliphatic heterocycles. The number of aliphatic hydroxyl groups is 1. The van der Waals surface area contributed by atoms with Crippen molar-refractivity contribution < 1.29 is 15.0 Å². The molecule has 0 bridgehead atoms. The van der Waals surface area contributed by atoms with Crippen LogP contribution in [0, 0.1) is 5.92 Å². The van der Waals surface area contributed by atoms with E-state index >= 15 is 0 Å². The van der Waals surface area contributed by atoms with Gasteiger partial charge in [0.1, 0.15) is 0 Å². The minimum Gasteiger partial charge on any atom is -0.481 e. The number of allylic oxidation sites excluding steroid dienone is 4. The van der Waals surface area contributed by atoms with Gasteiger partial charge in [-0.05, 0) is 50.9 Å². The van der Waals surface area contributed by atoms with Gasteiger partial charge in [-0.1, -0.05) is 121 Å². The van der Waals surface area contributed by atoms with Crippen LogP contribution in [-0.2, 0) is 4.79 Å². The van der Waals surface area contributed by atoms with Crippen LogP contribution in [-0.4, -0.2) is 22.8 Å². The van der Waals surface area contributed by atoms with Gasteiger partial charge in [0.05, 0.1) is 0 Å². The molecule has 194 valence electrons.